The van der Waals surface area contributed by atoms with E-state index in [0.29, 0.717) is 12.6 Å². The topological polar surface area (TPSA) is 106 Å². The summed E-state index contributed by atoms with van der Waals surface area (Å²) in [5, 5.41) is 22.0. The first-order valence-corrected chi connectivity index (χ1v) is 9.42. The number of amides is 2. The Kier molecular flexibility index (Phi) is 4.70. The van der Waals surface area contributed by atoms with Crippen molar-refractivity contribution in [2.75, 3.05) is 18.4 Å². The van der Waals surface area contributed by atoms with Crippen molar-refractivity contribution in [3.05, 3.63) is 22.8 Å². The summed E-state index contributed by atoms with van der Waals surface area (Å²) in [6.45, 7) is 0.0328. The van der Waals surface area contributed by atoms with E-state index in [2.05, 4.69) is 10.3 Å². The zero-order valence-electron chi connectivity index (χ0n) is 14.9. The Labute approximate surface area is 168 Å². The molecule has 6 unspecified atom stereocenters. The van der Waals surface area contributed by atoms with Crippen molar-refractivity contribution in [1.29, 1.82) is 5.26 Å². The molecule has 1 aromatic rings. The lowest BCUT2D eigenvalue weighted by Gasteiger charge is -2.28. The standard InChI is InChI=1S/C18H16ClF3N4O3/c19-11-3-7(18(20,21)22)6-25-15(11)24-1-2-26-16(28)12-8-4-9(13(12)17(26)29)14(27)10(8)5-23/h3,6,8-10,12-14,27H,1-2,4H2,(H,24,25). The van der Waals surface area contributed by atoms with E-state index in [0.717, 1.165) is 11.0 Å². The second-order valence-corrected chi connectivity index (χ2v) is 7.97. The van der Waals surface area contributed by atoms with Gasteiger partial charge in [-0.1, -0.05) is 11.6 Å². The number of halogens is 4. The minimum Gasteiger partial charge on any atom is -0.391 e. The molecule has 3 aliphatic rings. The number of carbonyl (C=O) groups excluding carboxylic acids is 2. The molecule has 2 aliphatic carbocycles. The van der Waals surface area contributed by atoms with E-state index >= 15 is 0 Å². The largest absolute Gasteiger partial charge is 0.417 e. The summed E-state index contributed by atoms with van der Waals surface area (Å²) in [6.07, 6.45) is -4.34. The molecule has 0 radical (unpaired) electrons. The molecular weight excluding hydrogens is 413 g/mol. The highest BCUT2D eigenvalue weighted by atomic mass is 35.5. The van der Waals surface area contributed by atoms with Crippen molar-refractivity contribution < 1.29 is 27.9 Å². The maximum atomic E-state index is 12.7. The first-order valence-electron chi connectivity index (χ1n) is 9.04. The van der Waals surface area contributed by atoms with E-state index in [1.807, 2.05) is 6.07 Å². The number of pyridine rings is 1. The lowest BCUT2D eigenvalue weighted by atomic mass is 9.74. The molecule has 0 aromatic carbocycles. The number of nitriles is 1. The van der Waals surface area contributed by atoms with Gasteiger partial charge >= 0.3 is 6.18 Å². The Morgan fingerprint density at radius 2 is 1.97 bits per heavy atom. The van der Waals surface area contributed by atoms with Crippen molar-refractivity contribution in [1.82, 2.24) is 9.88 Å². The van der Waals surface area contributed by atoms with Crippen molar-refractivity contribution in [3.63, 3.8) is 0 Å². The van der Waals surface area contributed by atoms with Crippen LogP contribution in [0.1, 0.15) is 12.0 Å². The zero-order valence-corrected chi connectivity index (χ0v) is 15.6. The molecule has 6 atom stereocenters. The molecule has 2 heterocycles. The van der Waals surface area contributed by atoms with Gasteiger partial charge in [-0.2, -0.15) is 18.4 Å². The van der Waals surface area contributed by atoms with E-state index < -0.39 is 41.5 Å². The molecule has 1 saturated heterocycles. The molecule has 7 nitrogen and oxygen atoms in total. The van der Waals surface area contributed by atoms with Crippen LogP contribution in [-0.4, -0.2) is 46.0 Å². The summed E-state index contributed by atoms with van der Waals surface area (Å²) in [5.41, 5.74) is -0.980. The SMILES string of the molecule is N#CC1C(O)C2CC1C1C(=O)N(CCNc3ncc(C(F)(F)F)cc3Cl)C(=O)C21. The minimum absolute atomic E-state index is 0.0130. The van der Waals surface area contributed by atoms with E-state index in [1.165, 1.54) is 0 Å². The molecule has 2 N–H and O–H groups in total. The van der Waals surface area contributed by atoms with Crippen molar-refractivity contribution in [2.45, 2.75) is 18.7 Å². The van der Waals surface area contributed by atoms with Crippen molar-refractivity contribution in [2.24, 2.45) is 29.6 Å². The fraction of sp³-hybridized carbons (Fsp3) is 0.556. The Morgan fingerprint density at radius 1 is 1.31 bits per heavy atom. The molecule has 0 spiro atoms. The smallest absolute Gasteiger partial charge is 0.391 e. The fourth-order valence-corrected chi connectivity index (χ4v) is 5.16. The highest BCUT2D eigenvalue weighted by Gasteiger charge is 2.67. The third-order valence-corrected chi connectivity index (χ3v) is 6.46. The summed E-state index contributed by atoms with van der Waals surface area (Å²) >= 11 is 5.83. The first-order chi connectivity index (χ1) is 13.6. The van der Waals surface area contributed by atoms with Crippen LogP contribution < -0.4 is 5.32 Å². The molecule has 11 heteroatoms. The number of aliphatic hydroxyl groups is 1. The van der Waals surface area contributed by atoms with Gasteiger partial charge in [0.15, 0.2) is 0 Å². The number of nitrogens with zero attached hydrogens (tertiary/aromatic N) is 3. The summed E-state index contributed by atoms with van der Waals surface area (Å²) < 4.78 is 38.0. The minimum atomic E-state index is -4.56. The summed E-state index contributed by atoms with van der Waals surface area (Å²) in [7, 11) is 0. The molecule has 3 fully saturated rings. The second-order valence-electron chi connectivity index (χ2n) is 7.57. The van der Waals surface area contributed by atoms with Crippen LogP contribution in [0.2, 0.25) is 5.02 Å². The lowest BCUT2D eigenvalue weighted by molar-refractivity contribution is -0.141. The number of aromatic nitrogens is 1. The number of rotatable bonds is 4. The molecule has 154 valence electrons. The van der Waals surface area contributed by atoms with Gasteiger partial charge in [-0.25, -0.2) is 4.98 Å². The Balaban J connectivity index is 1.41. The maximum absolute atomic E-state index is 12.7. The van der Waals surface area contributed by atoms with Gasteiger partial charge in [0.1, 0.15) is 5.82 Å². The molecule has 2 amide bonds. The molecule has 2 saturated carbocycles. The third-order valence-electron chi connectivity index (χ3n) is 6.17. The van der Waals surface area contributed by atoms with Gasteiger partial charge in [-0.05, 0) is 24.3 Å². The predicted octanol–water partition coefficient (Wildman–Crippen LogP) is 1.92. The van der Waals surface area contributed by atoms with Crippen LogP contribution in [0, 0.1) is 40.9 Å². The van der Waals surface area contributed by atoms with Gasteiger partial charge < -0.3 is 10.4 Å². The number of nitrogens with one attached hydrogen (secondary N) is 1. The Morgan fingerprint density at radius 3 is 2.55 bits per heavy atom. The molecule has 1 aromatic heterocycles. The molecular formula is C18H16ClF3N4O3. The monoisotopic (exact) mass is 428 g/mol. The average molecular weight is 429 g/mol. The van der Waals surface area contributed by atoms with E-state index in [9.17, 15) is 33.1 Å². The number of hydrogen-bond donors (Lipinski definition) is 2. The Bertz CT molecular complexity index is 919. The number of imide groups is 1. The predicted molar refractivity (Wildman–Crippen MR) is 93.1 cm³/mol. The lowest BCUT2D eigenvalue weighted by Crippen LogP contribution is -2.39. The normalized spacial score (nSPS) is 33.2. The number of alkyl halides is 3. The number of hydrogen-bond acceptors (Lipinski definition) is 6. The zero-order chi connectivity index (χ0) is 21.1. The second kappa shape index (κ2) is 6.85. The number of aliphatic hydroxyl groups excluding tert-OH is 1. The van der Waals surface area contributed by atoms with Gasteiger partial charge in [0.25, 0.3) is 0 Å². The molecule has 2 bridgehead atoms. The highest BCUT2D eigenvalue weighted by molar-refractivity contribution is 6.33. The maximum Gasteiger partial charge on any atom is 0.417 e. The van der Waals surface area contributed by atoms with Gasteiger partial charge in [-0.3, -0.25) is 14.5 Å². The van der Waals surface area contributed by atoms with Crippen LogP contribution >= 0.6 is 11.6 Å². The number of carbonyl (C=O) groups is 2. The quantitative estimate of drug-likeness (QED) is 0.710. The van der Waals surface area contributed by atoms with Crippen molar-refractivity contribution in [3.8, 4) is 6.07 Å². The van der Waals surface area contributed by atoms with Gasteiger partial charge in [0.2, 0.25) is 11.8 Å². The highest BCUT2D eigenvalue weighted by Crippen LogP contribution is 2.58. The molecule has 4 rings (SSSR count). The Hall–Kier alpha value is -2.38. The van der Waals surface area contributed by atoms with Crippen LogP contribution in [0.15, 0.2) is 12.3 Å². The van der Waals surface area contributed by atoms with E-state index in [4.69, 9.17) is 11.6 Å². The van der Waals surface area contributed by atoms with Crippen molar-refractivity contribution >= 4 is 29.2 Å². The summed E-state index contributed by atoms with van der Waals surface area (Å²) in [6, 6.07) is 2.79. The fourth-order valence-electron chi connectivity index (χ4n) is 4.93. The number of likely N-dealkylation sites (tertiary alicyclic amines) is 1. The van der Waals surface area contributed by atoms with Gasteiger partial charge in [0, 0.05) is 19.3 Å². The van der Waals surface area contributed by atoms with Crippen LogP contribution in [0.4, 0.5) is 19.0 Å². The first kappa shape index (κ1) is 19.9. The van der Waals surface area contributed by atoms with Crippen LogP contribution in [0.5, 0.6) is 0 Å². The van der Waals surface area contributed by atoms with E-state index in [1.54, 1.807) is 0 Å². The average Bonchev–Trinajstić information content (AvgIpc) is 3.26. The van der Waals surface area contributed by atoms with E-state index in [-0.39, 0.29) is 41.7 Å². The number of anilines is 1. The van der Waals surface area contributed by atoms with Crippen LogP contribution in [0.3, 0.4) is 0 Å². The summed E-state index contributed by atoms with van der Waals surface area (Å²) in [5.74, 6) is -3.30. The van der Waals surface area contributed by atoms with Gasteiger partial charge in [0.05, 0.1) is 40.5 Å². The third kappa shape index (κ3) is 3.04. The van der Waals surface area contributed by atoms with Crippen LogP contribution in [0.25, 0.3) is 0 Å². The molecule has 29 heavy (non-hydrogen) atoms. The summed E-state index contributed by atoms with van der Waals surface area (Å²) in [4.78, 5) is 30.2. The van der Waals surface area contributed by atoms with Gasteiger partial charge in [-0.15, -0.1) is 0 Å². The number of fused-ring (bicyclic) bond motifs is 5. The van der Waals surface area contributed by atoms with Crippen LogP contribution in [-0.2, 0) is 15.8 Å². The molecule has 1 aliphatic heterocycles.